The number of hydrogen-bond acceptors (Lipinski definition) is 4. The zero-order valence-corrected chi connectivity index (χ0v) is 11.6. The molecule has 0 heterocycles. The van der Waals surface area contributed by atoms with Crippen LogP contribution < -0.4 is 9.47 Å². The fourth-order valence-corrected chi connectivity index (χ4v) is 1.37. The van der Waals surface area contributed by atoms with Crippen LogP contribution in [0.15, 0.2) is 36.4 Å². The monoisotopic (exact) mass is 264 g/mol. The first-order valence-corrected chi connectivity index (χ1v) is 6.12. The third-order valence-corrected chi connectivity index (χ3v) is 2.37. The van der Waals surface area contributed by atoms with Gasteiger partial charge in [0.1, 0.15) is 11.5 Å². The SMILES string of the molecule is C=C(C)C(=O)Oc1ccc(OCC(C)COC)cc1. The molecule has 0 aliphatic rings. The number of carbonyl (C=O) groups is 1. The van der Waals surface area contributed by atoms with Gasteiger partial charge in [-0.2, -0.15) is 0 Å². The highest BCUT2D eigenvalue weighted by molar-refractivity contribution is 5.88. The summed E-state index contributed by atoms with van der Waals surface area (Å²) in [6.07, 6.45) is 0. The Morgan fingerprint density at radius 1 is 1.21 bits per heavy atom. The Morgan fingerprint density at radius 3 is 2.32 bits per heavy atom. The van der Waals surface area contributed by atoms with E-state index in [1.54, 1.807) is 38.3 Å². The van der Waals surface area contributed by atoms with Crippen molar-refractivity contribution >= 4 is 5.97 Å². The maximum Gasteiger partial charge on any atom is 0.338 e. The smallest absolute Gasteiger partial charge is 0.338 e. The van der Waals surface area contributed by atoms with Gasteiger partial charge in [0.2, 0.25) is 0 Å². The number of methoxy groups -OCH3 is 1. The van der Waals surface area contributed by atoms with Crippen LogP contribution in [0, 0.1) is 5.92 Å². The van der Waals surface area contributed by atoms with Gasteiger partial charge in [-0.3, -0.25) is 0 Å². The van der Waals surface area contributed by atoms with E-state index in [1.165, 1.54) is 0 Å². The minimum absolute atomic E-state index is 0.325. The number of rotatable bonds is 7. The minimum Gasteiger partial charge on any atom is -0.493 e. The van der Waals surface area contributed by atoms with E-state index >= 15 is 0 Å². The third kappa shape index (κ3) is 5.57. The molecule has 0 aliphatic heterocycles. The number of carbonyl (C=O) groups excluding carboxylic acids is 1. The number of benzene rings is 1. The fraction of sp³-hybridized carbons (Fsp3) is 0.400. The van der Waals surface area contributed by atoms with Crippen molar-refractivity contribution in [2.75, 3.05) is 20.3 Å². The Balaban J connectivity index is 2.47. The second kappa shape index (κ2) is 7.59. The molecule has 0 bridgehead atoms. The van der Waals surface area contributed by atoms with Gasteiger partial charge < -0.3 is 14.2 Å². The third-order valence-electron chi connectivity index (χ3n) is 2.37. The molecule has 0 amide bonds. The first-order valence-electron chi connectivity index (χ1n) is 6.12. The molecule has 1 atom stereocenters. The molecule has 0 N–H and O–H groups in total. The average Bonchev–Trinajstić information content (AvgIpc) is 2.38. The highest BCUT2D eigenvalue weighted by atomic mass is 16.5. The van der Waals surface area contributed by atoms with E-state index in [2.05, 4.69) is 6.58 Å². The first kappa shape index (κ1) is 15.2. The molecule has 4 heteroatoms. The molecule has 0 fully saturated rings. The van der Waals surface area contributed by atoms with E-state index in [0.717, 1.165) is 5.75 Å². The summed E-state index contributed by atoms with van der Waals surface area (Å²) in [5, 5.41) is 0. The average molecular weight is 264 g/mol. The molecule has 0 radical (unpaired) electrons. The summed E-state index contributed by atoms with van der Waals surface area (Å²) in [5.74, 6) is 1.11. The normalized spacial score (nSPS) is 11.7. The Kier molecular flexibility index (Phi) is 6.09. The van der Waals surface area contributed by atoms with Crippen molar-refractivity contribution in [1.29, 1.82) is 0 Å². The molecule has 19 heavy (non-hydrogen) atoms. The lowest BCUT2D eigenvalue weighted by Gasteiger charge is -2.12. The lowest BCUT2D eigenvalue weighted by molar-refractivity contribution is -0.130. The van der Waals surface area contributed by atoms with Crippen LogP contribution in [0.5, 0.6) is 11.5 Å². The maximum absolute atomic E-state index is 11.3. The van der Waals surface area contributed by atoms with Gasteiger partial charge in [-0.05, 0) is 31.2 Å². The predicted molar refractivity (Wildman–Crippen MR) is 73.4 cm³/mol. The molecule has 1 rings (SSSR count). The van der Waals surface area contributed by atoms with Crippen LogP contribution in [-0.4, -0.2) is 26.3 Å². The van der Waals surface area contributed by atoms with Crippen molar-refractivity contribution < 1.29 is 19.0 Å². The van der Waals surface area contributed by atoms with Gasteiger partial charge in [0.05, 0.1) is 13.2 Å². The molecule has 1 aromatic carbocycles. The fourth-order valence-electron chi connectivity index (χ4n) is 1.37. The second-order valence-electron chi connectivity index (χ2n) is 4.51. The molecule has 0 aromatic heterocycles. The minimum atomic E-state index is -0.428. The van der Waals surface area contributed by atoms with Crippen LogP contribution in [0.4, 0.5) is 0 Å². The molecule has 1 aromatic rings. The predicted octanol–water partition coefficient (Wildman–Crippen LogP) is 2.83. The number of esters is 1. The van der Waals surface area contributed by atoms with Crippen molar-refractivity contribution in [2.24, 2.45) is 5.92 Å². The van der Waals surface area contributed by atoms with E-state index in [-0.39, 0.29) is 0 Å². The number of ether oxygens (including phenoxy) is 3. The van der Waals surface area contributed by atoms with Crippen LogP contribution >= 0.6 is 0 Å². The van der Waals surface area contributed by atoms with Crippen LogP contribution in [0.1, 0.15) is 13.8 Å². The van der Waals surface area contributed by atoms with Crippen molar-refractivity contribution in [3.05, 3.63) is 36.4 Å². The van der Waals surface area contributed by atoms with E-state index in [9.17, 15) is 4.79 Å². The van der Waals surface area contributed by atoms with Gasteiger partial charge in [-0.1, -0.05) is 13.5 Å². The van der Waals surface area contributed by atoms with Crippen LogP contribution in [0.2, 0.25) is 0 Å². The quantitative estimate of drug-likeness (QED) is 0.431. The molecular weight excluding hydrogens is 244 g/mol. The summed E-state index contributed by atoms with van der Waals surface area (Å²) in [7, 11) is 1.67. The zero-order chi connectivity index (χ0) is 14.3. The standard InChI is InChI=1S/C15H20O4/c1-11(2)15(16)19-14-7-5-13(6-8-14)18-10-12(3)9-17-4/h5-8,12H,1,9-10H2,2-4H3. The Morgan fingerprint density at radius 2 is 1.79 bits per heavy atom. The Labute approximate surface area is 114 Å². The summed E-state index contributed by atoms with van der Waals surface area (Å²) in [4.78, 5) is 11.3. The molecule has 0 saturated heterocycles. The summed E-state index contributed by atoms with van der Waals surface area (Å²) < 4.78 is 15.7. The molecule has 104 valence electrons. The summed E-state index contributed by atoms with van der Waals surface area (Å²) in [6, 6.07) is 6.91. The van der Waals surface area contributed by atoms with Crippen LogP contribution in [-0.2, 0) is 9.53 Å². The molecular formula is C15H20O4. The van der Waals surface area contributed by atoms with Gasteiger partial charge in [-0.15, -0.1) is 0 Å². The second-order valence-corrected chi connectivity index (χ2v) is 4.51. The summed E-state index contributed by atoms with van der Waals surface area (Å²) in [5.41, 5.74) is 0.369. The molecule has 0 saturated carbocycles. The van der Waals surface area contributed by atoms with Crippen molar-refractivity contribution in [3.8, 4) is 11.5 Å². The van der Waals surface area contributed by atoms with Crippen LogP contribution in [0.3, 0.4) is 0 Å². The first-order chi connectivity index (χ1) is 9.02. The van der Waals surface area contributed by atoms with E-state index < -0.39 is 5.97 Å². The topological polar surface area (TPSA) is 44.8 Å². The van der Waals surface area contributed by atoms with Crippen molar-refractivity contribution in [1.82, 2.24) is 0 Å². The summed E-state index contributed by atoms with van der Waals surface area (Å²) in [6.45, 7) is 8.42. The molecule has 4 nitrogen and oxygen atoms in total. The molecule has 0 aliphatic carbocycles. The van der Waals surface area contributed by atoms with Gasteiger partial charge in [-0.25, -0.2) is 4.79 Å². The van der Waals surface area contributed by atoms with Crippen molar-refractivity contribution in [2.45, 2.75) is 13.8 Å². The highest BCUT2D eigenvalue weighted by Crippen LogP contribution is 2.18. The Hall–Kier alpha value is -1.81. The zero-order valence-electron chi connectivity index (χ0n) is 11.6. The molecule has 0 spiro atoms. The van der Waals surface area contributed by atoms with Crippen molar-refractivity contribution in [3.63, 3.8) is 0 Å². The number of hydrogen-bond donors (Lipinski definition) is 0. The van der Waals surface area contributed by atoms with Gasteiger partial charge in [0.15, 0.2) is 0 Å². The summed E-state index contributed by atoms with van der Waals surface area (Å²) >= 11 is 0. The highest BCUT2D eigenvalue weighted by Gasteiger charge is 2.06. The van der Waals surface area contributed by atoms with E-state index in [0.29, 0.717) is 30.5 Å². The maximum atomic E-state index is 11.3. The van der Waals surface area contributed by atoms with Crippen LogP contribution in [0.25, 0.3) is 0 Å². The van der Waals surface area contributed by atoms with Gasteiger partial charge in [0, 0.05) is 18.6 Å². The van der Waals surface area contributed by atoms with Gasteiger partial charge >= 0.3 is 5.97 Å². The lowest BCUT2D eigenvalue weighted by Crippen LogP contribution is -2.13. The van der Waals surface area contributed by atoms with E-state index in [4.69, 9.17) is 14.2 Å². The largest absolute Gasteiger partial charge is 0.493 e. The Bertz CT molecular complexity index is 422. The lowest BCUT2D eigenvalue weighted by atomic mass is 10.2. The van der Waals surface area contributed by atoms with Gasteiger partial charge in [0.25, 0.3) is 0 Å². The molecule has 1 unspecified atom stereocenters. The van der Waals surface area contributed by atoms with E-state index in [1.807, 2.05) is 6.92 Å².